The van der Waals surface area contributed by atoms with Crippen molar-refractivity contribution in [2.45, 2.75) is 57.9 Å². The molecular formula is C14H23N3O. The van der Waals surface area contributed by atoms with Gasteiger partial charge >= 0.3 is 0 Å². The fourth-order valence-electron chi connectivity index (χ4n) is 3.43. The van der Waals surface area contributed by atoms with Gasteiger partial charge in [0.25, 0.3) is 0 Å². The van der Waals surface area contributed by atoms with Gasteiger partial charge in [-0.25, -0.2) is 0 Å². The van der Waals surface area contributed by atoms with E-state index >= 15 is 0 Å². The maximum absolute atomic E-state index is 5.91. The highest BCUT2D eigenvalue weighted by molar-refractivity contribution is 5.15. The fourth-order valence-corrected chi connectivity index (χ4v) is 3.43. The predicted molar refractivity (Wildman–Crippen MR) is 69.2 cm³/mol. The predicted octanol–water partition coefficient (Wildman–Crippen LogP) is 3.03. The zero-order valence-electron chi connectivity index (χ0n) is 11.4. The van der Waals surface area contributed by atoms with Gasteiger partial charge in [-0.1, -0.05) is 20.3 Å². The Balaban J connectivity index is 1.65. The SMILES string of the molecule is CCCNC(CC)c1nnc(C2C3CCCC32)o1. The van der Waals surface area contributed by atoms with Crippen molar-refractivity contribution in [3.8, 4) is 0 Å². The maximum atomic E-state index is 5.91. The average molecular weight is 249 g/mol. The third-order valence-corrected chi connectivity index (χ3v) is 4.50. The van der Waals surface area contributed by atoms with E-state index in [2.05, 4.69) is 29.4 Å². The molecule has 1 aromatic rings. The summed E-state index contributed by atoms with van der Waals surface area (Å²) >= 11 is 0. The van der Waals surface area contributed by atoms with Gasteiger partial charge in [-0.05, 0) is 44.1 Å². The first-order valence-electron chi connectivity index (χ1n) is 7.41. The first-order valence-corrected chi connectivity index (χ1v) is 7.41. The molecule has 4 nitrogen and oxygen atoms in total. The topological polar surface area (TPSA) is 51.0 Å². The second kappa shape index (κ2) is 5.00. The molecular weight excluding hydrogens is 226 g/mol. The summed E-state index contributed by atoms with van der Waals surface area (Å²) in [6.07, 6.45) is 6.24. The number of fused-ring (bicyclic) bond motifs is 1. The lowest BCUT2D eigenvalue weighted by molar-refractivity contribution is 0.366. The Kier molecular flexibility index (Phi) is 3.37. The normalized spacial score (nSPS) is 31.3. The van der Waals surface area contributed by atoms with Gasteiger partial charge in [-0.2, -0.15) is 0 Å². The summed E-state index contributed by atoms with van der Waals surface area (Å²) in [6.45, 7) is 5.33. The van der Waals surface area contributed by atoms with Crippen molar-refractivity contribution in [3.05, 3.63) is 11.8 Å². The molecule has 2 aliphatic carbocycles. The van der Waals surface area contributed by atoms with Gasteiger partial charge in [0, 0.05) is 5.92 Å². The Bertz CT molecular complexity index is 393. The summed E-state index contributed by atoms with van der Waals surface area (Å²) < 4.78 is 5.91. The Labute approximate surface area is 109 Å². The molecule has 3 unspecified atom stereocenters. The molecule has 0 aromatic carbocycles. The molecule has 2 fully saturated rings. The summed E-state index contributed by atoms with van der Waals surface area (Å²) in [5.41, 5.74) is 0. The lowest BCUT2D eigenvalue weighted by Gasteiger charge is -2.11. The van der Waals surface area contributed by atoms with E-state index in [-0.39, 0.29) is 6.04 Å². The summed E-state index contributed by atoms with van der Waals surface area (Å²) in [5, 5.41) is 12.0. The lowest BCUT2D eigenvalue weighted by Crippen LogP contribution is -2.21. The van der Waals surface area contributed by atoms with Gasteiger partial charge in [0.05, 0.1) is 6.04 Å². The second-order valence-corrected chi connectivity index (χ2v) is 5.68. The van der Waals surface area contributed by atoms with Gasteiger partial charge < -0.3 is 9.73 Å². The molecule has 0 radical (unpaired) electrons. The number of nitrogens with zero attached hydrogens (tertiary/aromatic N) is 2. The number of rotatable bonds is 6. The van der Waals surface area contributed by atoms with Crippen LogP contribution in [-0.4, -0.2) is 16.7 Å². The minimum Gasteiger partial charge on any atom is -0.423 e. The molecule has 100 valence electrons. The van der Waals surface area contributed by atoms with Crippen molar-refractivity contribution in [2.24, 2.45) is 11.8 Å². The second-order valence-electron chi connectivity index (χ2n) is 5.68. The first-order chi connectivity index (χ1) is 8.85. The van der Waals surface area contributed by atoms with Crippen LogP contribution in [0.3, 0.4) is 0 Å². The van der Waals surface area contributed by atoms with E-state index in [9.17, 15) is 0 Å². The number of hydrogen-bond donors (Lipinski definition) is 1. The number of nitrogens with one attached hydrogen (secondary N) is 1. The van der Waals surface area contributed by atoms with E-state index in [4.69, 9.17) is 4.42 Å². The molecule has 3 rings (SSSR count). The van der Waals surface area contributed by atoms with Crippen LogP contribution in [0.25, 0.3) is 0 Å². The zero-order valence-corrected chi connectivity index (χ0v) is 11.4. The minimum atomic E-state index is 0.227. The molecule has 4 heteroatoms. The van der Waals surface area contributed by atoms with Crippen molar-refractivity contribution in [1.82, 2.24) is 15.5 Å². The smallest absolute Gasteiger partial charge is 0.233 e. The monoisotopic (exact) mass is 249 g/mol. The highest BCUT2D eigenvalue weighted by Gasteiger charge is 2.56. The van der Waals surface area contributed by atoms with Crippen molar-refractivity contribution < 1.29 is 4.42 Å². The van der Waals surface area contributed by atoms with Crippen LogP contribution in [0.15, 0.2) is 4.42 Å². The summed E-state index contributed by atoms with van der Waals surface area (Å²) in [4.78, 5) is 0. The number of aromatic nitrogens is 2. The minimum absolute atomic E-state index is 0.227. The third-order valence-electron chi connectivity index (χ3n) is 4.50. The van der Waals surface area contributed by atoms with Crippen LogP contribution in [0.5, 0.6) is 0 Å². The Morgan fingerprint density at radius 3 is 2.72 bits per heavy atom. The van der Waals surface area contributed by atoms with Crippen molar-refractivity contribution in [3.63, 3.8) is 0 Å². The zero-order chi connectivity index (χ0) is 12.5. The average Bonchev–Trinajstić information content (AvgIpc) is 2.81. The molecule has 1 N–H and O–H groups in total. The molecule has 1 heterocycles. The molecule has 0 aliphatic heterocycles. The molecule has 2 aliphatic rings. The quantitative estimate of drug-likeness (QED) is 0.842. The van der Waals surface area contributed by atoms with Gasteiger partial charge in [-0.15, -0.1) is 10.2 Å². The van der Waals surface area contributed by atoms with Gasteiger partial charge in [0.1, 0.15) is 0 Å². The van der Waals surface area contributed by atoms with Crippen molar-refractivity contribution in [2.75, 3.05) is 6.54 Å². The molecule has 0 saturated heterocycles. The highest BCUT2D eigenvalue weighted by Crippen LogP contribution is 2.62. The van der Waals surface area contributed by atoms with Gasteiger partial charge in [0.2, 0.25) is 11.8 Å². The molecule has 3 atom stereocenters. The van der Waals surface area contributed by atoms with Crippen molar-refractivity contribution in [1.29, 1.82) is 0 Å². The maximum Gasteiger partial charge on any atom is 0.233 e. The van der Waals surface area contributed by atoms with Gasteiger partial charge in [-0.3, -0.25) is 0 Å². The summed E-state index contributed by atoms with van der Waals surface area (Å²) in [6, 6.07) is 0.227. The highest BCUT2D eigenvalue weighted by atomic mass is 16.4. The Morgan fingerprint density at radius 1 is 1.28 bits per heavy atom. The Hall–Kier alpha value is -0.900. The van der Waals surface area contributed by atoms with Crippen LogP contribution < -0.4 is 5.32 Å². The third kappa shape index (κ3) is 2.07. The lowest BCUT2D eigenvalue weighted by atomic mass is 10.1. The molecule has 0 spiro atoms. The van der Waals surface area contributed by atoms with E-state index in [0.717, 1.165) is 43.0 Å². The Morgan fingerprint density at radius 2 is 2.06 bits per heavy atom. The van der Waals surface area contributed by atoms with E-state index in [0.29, 0.717) is 5.92 Å². The van der Waals surface area contributed by atoms with Crippen LogP contribution in [0.4, 0.5) is 0 Å². The standard InChI is InChI=1S/C14H23N3O/c1-3-8-15-11(4-2)13-16-17-14(18-13)12-9-6-5-7-10(9)12/h9-12,15H,3-8H2,1-2H3. The van der Waals surface area contributed by atoms with E-state index in [1.807, 2.05) is 0 Å². The molecule has 2 saturated carbocycles. The van der Waals surface area contributed by atoms with Gasteiger partial charge in [0.15, 0.2) is 0 Å². The van der Waals surface area contributed by atoms with E-state index in [1.165, 1.54) is 19.3 Å². The fraction of sp³-hybridized carbons (Fsp3) is 0.857. The summed E-state index contributed by atoms with van der Waals surface area (Å²) in [5.74, 6) is 3.97. The largest absolute Gasteiger partial charge is 0.423 e. The summed E-state index contributed by atoms with van der Waals surface area (Å²) in [7, 11) is 0. The van der Waals surface area contributed by atoms with Crippen molar-refractivity contribution >= 4 is 0 Å². The molecule has 18 heavy (non-hydrogen) atoms. The molecule has 0 bridgehead atoms. The van der Waals surface area contributed by atoms with Crippen LogP contribution in [-0.2, 0) is 0 Å². The number of hydrogen-bond acceptors (Lipinski definition) is 4. The van der Waals surface area contributed by atoms with Crippen LogP contribution in [0.1, 0.15) is 69.7 Å². The van der Waals surface area contributed by atoms with Crippen LogP contribution in [0, 0.1) is 11.8 Å². The van der Waals surface area contributed by atoms with Crippen LogP contribution >= 0.6 is 0 Å². The first kappa shape index (κ1) is 12.2. The van der Waals surface area contributed by atoms with E-state index in [1.54, 1.807) is 0 Å². The van der Waals surface area contributed by atoms with Crippen LogP contribution in [0.2, 0.25) is 0 Å². The van der Waals surface area contributed by atoms with E-state index < -0.39 is 0 Å². The molecule has 1 aromatic heterocycles. The molecule has 0 amide bonds.